The van der Waals surface area contributed by atoms with Crippen molar-refractivity contribution in [2.75, 3.05) is 0 Å². The van der Waals surface area contributed by atoms with Gasteiger partial charge in [-0.05, 0) is 24.7 Å². The number of hydrogen-bond acceptors (Lipinski definition) is 0. The van der Waals surface area contributed by atoms with Crippen molar-refractivity contribution in [2.24, 2.45) is 11.8 Å². The van der Waals surface area contributed by atoms with Crippen molar-refractivity contribution in [3.05, 3.63) is 6.42 Å². The fraction of sp³-hybridized carbons (Fsp3) is 0.778. The van der Waals surface area contributed by atoms with Crippen LogP contribution in [0.4, 0.5) is 0 Å². The minimum Gasteiger partial charge on any atom is -0.0891 e. The van der Waals surface area contributed by atoms with Crippen molar-refractivity contribution in [3.8, 4) is 5.92 Å². The third-order valence-corrected chi connectivity index (χ3v) is 1.86. The summed E-state index contributed by atoms with van der Waals surface area (Å²) in [4.78, 5) is 0. The Bertz CT molecular complexity index is 95.1. The lowest BCUT2D eigenvalue weighted by atomic mass is 9.94. The molecule has 0 spiro atoms. The molecule has 0 aromatic heterocycles. The van der Waals surface area contributed by atoms with Gasteiger partial charge in [-0.3, -0.25) is 0 Å². The Balaban J connectivity index is 3.29. The molecule has 0 aliphatic heterocycles. The van der Waals surface area contributed by atoms with E-state index in [4.69, 9.17) is 6.42 Å². The summed E-state index contributed by atoms with van der Waals surface area (Å²) in [5.74, 6) is 3.89. The van der Waals surface area contributed by atoms with Crippen LogP contribution in [-0.4, -0.2) is 0 Å². The molecule has 0 saturated heterocycles. The van der Waals surface area contributed by atoms with Crippen molar-refractivity contribution >= 4 is 0 Å². The molecule has 1 unspecified atom stereocenters. The highest BCUT2D eigenvalue weighted by molar-refractivity contribution is 4.76. The van der Waals surface area contributed by atoms with Crippen LogP contribution in [0.3, 0.4) is 0 Å². The minimum atomic E-state index is 0.739. The van der Waals surface area contributed by atoms with Crippen LogP contribution in [0.2, 0.25) is 0 Å². The molecule has 0 saturated carbocycles. The van der Waals surface area contributed by atoms with E-state index in [9.17, 15) is 0 Å². The first-order chi connectivity index (χ1) is 4.18. The Morgan fingerprint density at radius 3 is 2.22 bits per heavy atom. The van der Waals surface area contributed by atoms with Gasteiger partial charge in [0, 0.05) is 6.42 Å². The Morgan fingerprint density at radius 2 is 1.89 bits per heavy atom. The third-order valence-electron chi connectivity index (χ3n) is 1.86. The van der Waals surface area contributed by atoms with Gasteiger partial charge in [-0.1, -0.05) is 26.7 Å². The van der Waals surface area contributed by atoms with Gasteiger partial charge in [0.2, 0.25) is 0 Å². The van der Waals surface area contributed by atoms with Crippen molar-refractivity contribution in [2.45, 2.75) is 33.6 Å². The molecule has 9 heavy (non-hydrogen) atoms. The molecule has 0 heteroatoms. The van der Waals surface area contributed by atoms with Gasteiger partial charge in [0.05, 0.1) is 0 Å². The van der Waals surface area contributed by atoms with Crippen LogP contribution in [0.1, 0.15) is 33.6 Å². The largest absolute Gasteiger partial charge is 0.0891 e. The zero-order chi connectivity index (χ0) is 7.28. The molecular formula is C9H15. The van der Waals surface area contributed by atoms with Crippen LogP contribution >= 0.6 is 0 Å². The van der Waals surface area contributed by atoms with Gasteiger partial charge in [0.15, 0.2) is 0 Å². The minimum absolute atomic E-state index is 0.739. The van der Waals surface area contributed by atoms with Gasteiger partial charge in [0.1, 0.15) is 0 Å². The SMILES string of the molecule is [C]#CCCC(C)C(C)C. The average Bonchev–Trinajstić information content (AvgIpc) is 1.82. The molecule has 0 N–H and O–H groups in total. The van der Waals surface area contributed by atoms with E-state index in [1.54, 1.807) is 0 Å². The van der Waals surface area contributed by atoms with Gasteiger partial charge in [-0.15, -0.1) is 0 Å². The molecule has 0 aromatic rings. The zero-order valence-electron chi connectivity index (χ0n) is 6.57. The van der Waals surface area contributed by atoms with E-state index in [0.29, 0.717) is 0 Å². The molecule has 0 aromatic carbocycles. The fourth-order valence-corrected chi connectivity index (χ4v) is 0.633. The molecule has 1 atom stereocenters. The summed E-state index contributed by atoms with van der Waals surface area (Å²) in [5.41, 5.74) is 0. The first kappa shape index (κ1) is 8.56. The molecule has 0 rings (SSSR count). The van der Waals surface area contributed by atoms with Crippen molar-refractivity contribution in [1.29, 1.82) is 0 Å². The Kier molecular flexibility index (Phi) is 4.22. The van der Waals surface area contributed by atoms with Crippen molar-refractivity contribution in [1.82, 2.24) is 0 Å². The average molecular weight is 123 g/mol. The second-order valence-electron chi connectivity index (χ2n) is 2.94. The predicted octanol–water partition coefficient (Wildman–Crippen LogP) is 2.65. The summed E-state index contributed by atoms with van der Waals surface area (Å²) >= 11 is 0. The van der Waals surface area contributed by atoms with Crippen LogP contribution in [0, 0.1) is 24.2 Å². The van der Waals surface area contributed by atoms with Crippen molar-refractivity contribution < 1.29 is 0 Å². The van der Waals surface area contributed by atoms with Crippen LogP contribution in [0.25, 0.3) is 0 Å². The fourth-order valence-electron chi connectivity index (χ4n) is 0.633. The topological polar surface area (TPSA) is 0 Å². The summed E-state index contributed by atoms with van der Waals surface area (Å²) < 4.78 is 0. The molecule has 0 bridgehead atoms. The highest BCUT2D eigenvalue weighted by Gasteiger charge is 2.04. The Labute approximate surface area is 58.7 Å². The van der Waals surface area contributed by atoms with Crippen LogP contribution in [0.15, 0.2) is 0 Å². The van der Waals surface area contributed by atoms with E-state index < -0.39 is 0 Å². The summed E-state index contributed by atoms with van der Waals surface area (Å²) in [6.07, 6.45) is 8.62. The molecule has 0 fully saturated rings. The first-order valence-corrected chi connectivity index (χ1v) is 3.58. The smallest absolute Gasteiger partial charge is 0.0102 e. The Morgan fingerprint density at radius 1 is 1.33 bits per heavy atom. The summed E-state index contributed by atoms with van der Waals surface area (Å²) in [7, 11) is 0. The second kappa shape index (κ2) is 4.44. The van der Waals surface area contributed by atoms with Gasteiger partial charge in [-0.25, -0.2) is 0 Å². The lowest BCUT2D eigenvalue weighted by Gasteiger charge is -2.12. The summed E-state index contributed by atoms with van der Waals surface area (Å²) in [5, 5.41) is 0. The van der Waals surface area contributed by atoms with Crippen LogP contribution in [0.5, 0.6) is 0 Å². The van der Waals surface area contributed by atoms with Gasteiger partial charge in [0.25, 0.3) is 0 Å². The summed E-state index contributed by atoms with van der Waals surface area (Å²) in [6.45, 7) is 6.66. The van der Waals surface area contributed by atoms with Gasteiger partial charge >= 0.3 is 0 Å². The van der Waals surface area contributed by atoms with Gasteiger partial charge in [-0.2, -0.15) is 0 Å². The normalized spacial score (nSPS) is 13.2. The number of rotatable bonds is 3. The predicted molar refractivity (Wildman–Crippen MR) is 40.4 cm³/mol. The monoisotopic (exact) mass is 123 g/mol. The molecule has 0 aliphatic rings. The molecule has 0 amide bonds. The molecule has 0 heterocycles. The quantitative estimate of drug-likeness (QED) is 0.506. The third kappa shape index (κ3) is 4.09. The molecule has 1 radical (unpaired) electrons. The standard InChI is InChI=1S/C9H15/c1-5-6-7-9(4)8(2)3/h8-9H,6-7H2,2-4H3. The molecule has 0 aliphatic carbocycles. The number of hydrogen-bond donors (Lipinski definition) is 0. The van der Waals surface area contributed by atoms with E-state index in [2.05, 4.69) is 26.7 Å². The first-order valence-electron chi connectivity index (χ1n) is 3.58. The van der Waals surface area contributed by atoms with Crippen molar-refractivity contribution in [3.63, 3.8) is 0 Å². The highest BCUT2D eigenvalue weighted by atomic mass is 14.1. The summed E-state index contributed by atoms with van der Waals surface area (Å²) in [6, 6.07) is 0. The maximum Gasteiger partial charge on any atom is 0.0102 e. The van der Waals surface area contributed by atoms with E-state index in [1.807, 2.05) is 0 Å². The highest BCUT2D eigenvalue weighted by Crippen LogP contribution is 2.14. The Hall–Kier alpha value is -0.440. The van der Waals surface area contributed by atoms with Crippen LogP contribution < -0.4 is 0 Å². The van der Waals surface area contributed by atoms with E-state index >= 15 is 0 Å². The van der Waals surface area contributed by atoms with Gasteiger partial charge < -0.3 is 0 Å². The maximum absolute atomic E-state index is 6.69. The molecule has 0 nitrogen and oxygen atoms in total. The lowest BCUT2D eigenvalue weighted by Crippen LogP contribution is -2.02. The zero-order valence-corrected chi connectivity index (χ0v) is 6.57. The second-order valence-corrected chi connectivity index (χ2v) is 2.94. The maximum atomic E-state index is 6.69. The lowest BCUT2D eigenvalue weighted by molar-refractivity contribution is 0.397. The molecule has 51 valence electrons. The van der Waals surface area contributed by atoms with E-state index in [0.717, 1.165) is 24.7 Å². The van der Waals surface area contributed by atoms with E-state index in [1.165, 1.54) is 0 Å². The van der Waals surface area contributed by atoms with E-state index in [-0.39, 0.29) is 0 Å². The van der Waals surface area contributed by atoms with Crippen LogP contribution in [-0.2, 0) is 0 Å². The molecular weight excluding hydrogens is 108 g/mol.